The van der Waals surface area contributed by atoms with E-state index in [-0.39, 0.29) is 25.6 Å². The third-order valence-corrected chi connectivity index (χ3v) is 9.90. The van der Waals surface area contributed by atoms with Crippen LogP contribution in [0.25, 0.3) is 0 Å². The molecule has 3 atom stereocenters. The first-order valence-corrected chi connectivity index (χ1v) is 22.2. The lowest BCUT2D eigenvalue weighted by Crippen LogP contribution is -2.29. The summed E-state index contributed by atoms with van der Waals surface area (Å²) in [4.78, 5) is 22.4. The molecule has 0 bridgehead atoms. The van der Waals surface area contributed by atoms with Gasteiger partial charge in [-0.2, -0.15) is 0 Å². The van der Waals surface area contributed by atoms with Crippen molar-refractivity contribution in [2.45, 2.75) is 206 Å². The van der Waals surface area contributed by atoms with Gasteiger partial charge in [0.1, 0.15) is 12.2 Å². The lowest BCUT2D eigenvalue weighted by Gasteiger charge is -2.20. The van der Waals surface area contributed by atoms with E-state index in [1.807, 2.05) is 0 Å². The number of aliphatic hydroxyl groups is 2. The summed E-state index contributed by atoms with van der Waals surface area (Å²) in [7, 11) is -4.50. The highest BCUT2D eigenvalue weighted by molar-refractivity contribution is 7.47. The van der Waals surface area contributed by atoms with E-state index in [4.69, 9.17) is 23.6 Å². The van der Waals surface area contributed by atoms with E-state index in [0.29, 0.717) is 6.61 Å². The highest BCUT2D eigenvalue weighted by Crippen LogP contribution is 2.43. The Bertz CT molecular complexity index is 795. The lowest BCUT2D eigenvalue weighted by molar-refractivity contribution is -0.154. The van der Waals surface area contributed by atoms with E-state index < -0.39 is 33.2 Å². The highest BCUT2D eigenvalue weighted by atomic mass is 31.2. The fourth-order valence-corrected chi connectivity index (χ4v) is 6.55. The maximum absolute atomic E-state index is 12.5. The van der Waals surface area contributed by atoms with Crippen LogP contribution in [0, 0.1) is 0 Å². The van der Waals surface area contributed by atoms with Gasteiger partial charge in [0, 0.05) is 13.0 Å². The summed E-state index contributed by atoms with van der Waals surface area (Å²) in [6.45, 7) is 3.51. The van der Waals surface area contributed by atoms with Gasteiger partial charge in [0.2, 0.25) is 0 Å². The van der Waals surface area contributed by atoms with Crippen LogP contribution in [0.4, 0.5) is 0 Å². The molecule has 298 valence electrons. The number of hydrogen-bond acceptors (Lipinski definition) is 8. The maximum Gasteiger partial charge on any atom is 0.472 e. The van der Waals surface area contributed by atoms with Gasteiger partial charge in [-0.05, 0) is 38.5 Å². The van der Waals surface area contributed by atoms with Gasteiger partial charge >= 0.3 is 13.8 Å². The number of carbonyl (C=O) groups is 1. The van der Waals surface area contributed by atoms with Gasteiger partial charge in [0.05, 0.1) is 26.4 Å². The fraction of sp³-hybridized carbons (Fsp3) is 0.925. The number of unbranched alkanes of at least 4 members (excludes halogenated alkanes) is 24. The van der Waals surface area contributed by atoms with Crippen LogP contribution in [0.5, 0.6) is 0 Å². The minimum Gasteiger partial charge on any atom is -0.457 e. The monoisotopic (exact) mass is 735 g/mol. The summed E-state index contributed by atoms with van der Waals surface area (Å²) < 4.78 is 33.2. The van der Waals surface area contributed by atoms with Crippen LogP contribution in [0.2, 0.25) is 0 Å². The molecular weight excluding hydrogens is 655 g/mol. The van der Waals surface area contributed by atoms with Crippen molar-refractivity contribution in [2.75, 3.05) is 33.0 Å². The Morgan fingerprint density at radius 1 is 0.600 bits per heavy atom. The second-order valence-electron chi connectivity index (χ2n) is 14.0. The molecule has 0 radical (unpaired) electrons. The van der Waals surface area contributed by atoms with Gasteiger partial charge in [-0.1, -0.05) is 161 Å². The van der Waals surface area contributed by atoms with Gasteiger partial charge in [-0.15, -0.1) is 0 Å². The number of allylic oxidation sites excluding steroid dienone is 2. The number of aliphatic hydroxyl groups excluding tert-OH is 2. The topological polar surface area (TPSA) is 132 Å². The van der Waals surface area contributed by atoms with Crippen molar-refractivity contribution < 1.29 is 43.0 Å². The molecule has 0 spiro atoms. The second-order valence-corrected chi connectivity index (χ2v) is 15.5. The molecule has 0 fully saturated rings. The molecule has 0 amide bonds. The zero-order valence-corrected chi connectivity index (χ0v) is 33.3. The van der Waals surface area contributed by atoms with Crippen LogP contribution in [0.3, 0.4) is 0 Å². The molecule has 9 nitrogen and oxygen atoms in total. The Labute approximate surface area is 307 Å². The standard InChI is InChI=1S/C40H79O9P/c1-3-5-7-9-11-13-14-15-16-17-18-19-20-21-22-23-25-27-29-31-33-46-36-39(37-48-50(44,45)47-35-38(42)34-41)49-40(43)32-30-28-26-24-12-10-8-6-4-2/h15-16,38-39,41-42H,3-14,17-37H2,1-2H3,(H,44,45)/b16-15-. The first-order chi connectivity index (χ1) is 24.3. The van der Waals surface area contributed by atoms with E-state index in [1.165, 1.54) is 135 Å². The summed E-state index contributed by atoms with van der Waals surface area (Å²) in [6, 6.07) is 0. The van der Waals surface area contributed by atoms with Gasteiger partial charge in [-0.3, -0.25) is 13.8 Å². The Morgan fingerprint density at radius 3 is 1.50 bits per heavy atom. The molecule has 0 aliphatic heterocycles. The largest absolute Gasteiger partial charge is 0.472 e. The summed E-state index contributed by atoms with van der Waals surface area (Å²) in [6.07, 6.45) is 36.1. The average Bonchev–Trinajstić information content (AvgIpc) is 3.10. The van der Waals surface area contributed by atoms with E-state index >= 15 is 0 Å². The first kappa shape index (κ1) is 49.2. The van der Waals surface area contributed by atoms with Crippen molar-refractivity contribution in [3.63, 3.8) is 0 Å². The quantitative estimate of drug-likeness (QED) is 0.0243. The van der Waals surface area contributed by atoms with Crippen molar-refractivity contribution in [1.29, 1.82) is 0 Å². The summed E-state index contributed by atoms with van der Waals surface area (Å²) in [5.74, 6) is -0.384. The lowest BCUT2D eigenvalue weighted by atomic mass is 10.1. The van der Waals surface area contributed by atoms with Crippen molar-refractivity contribution >= 4 is 13.8 Å². The predicted octanol–water partition coefficient (Wildman–Crippen LogP) is 10.9. The molecule has 0 aliphatic rings. The van der Waals surface area contributed by atoms with Crippen LogP contribution in [0.15, 0.2) is 12.2 Å². The fourth-order valence-electron chi connectivity index (χ4n) is 5.76. The van der Waals surface area contributed by atoms with Crippen LogP contribution < -0.4 is 0 Å². The van der Waals surface area contributed by atoms with E-state index in [2.05, 4.69) is 26.0 Å². The maximum atomic E-state index is 12.5. The minimum absolute atomic E-state index is 0.0533. The first-order valence-electron chi connectivity index (χ1n) is 20.7. The van der Waals surface area contributed by atoms with Gasteiger partial charge in [0.25, 0.3) is 0 Å². The summed E-state index contributed by atoms with van der Waals surface area (Å²) in [5.41, 5.74) is 0. The van der Waals surface area contributed by atoms with Crippen LogP contribution >= 0.6 is 7.82 Å². The number of phosphoric ester groups is 1. The van der Waals surface area contributed by atoms with Crippen molar-refractivity contribution in [2.24, 2.45) is 0 Å². The Morgan fingerprint density at radius 2 is 1.02 bits per heavy atom. The number of esters is 1. The van der Waals surface area contributed by atoms with Crippen LogP contribution in [-0.2, 0) is 27.9 Å². The molecule has 0 aromatic carbocycles. The molecule has 0 rings (SSSR count). The SMILES string of the molecule is CCCCCCCC/C=C\CCCCCCCCCCCCOCC(COP(=O)(O)OCC(O)CO)OC(=O)CCCCCCCCCCC. The smallest absolute Gasteiger partial charge is 0.457 e. The van der Waals surface area contributed by atoms with Gasteiger partial charge in [0.15, 0.2) is 0 Å². The second kappa shape index (κ2) is 37.9. The molecular formula is C40H79O9P. The normalized spacial score (nSPS) is 14.3. The Hall–Kier alpha value is -0.800. The van der Waals surface area contributed by atoms with Gasteiger partial charge < -0.3 is 24.6 Å². The number of rotatable bonds is 40. The molecule has 3 N–H and O–H groups in total. The van der Waals surface area contributed by atoms with E-state index in [1.54, 1.807) is 0 Å². The number of phosphoric acid groups is 1. The average molecular weight is 735 g/mol. The van der Waals surface area contributed by atoms with Crippen LogP contribution in [-0.4, -0.2) is 66.3 Å². The Balaban J connectivity index is 4.06. The van der Waals surface area contributed by atoms with Crippen molar-refractivity contribution in [3.05, 3.63) is 12.2 Å². The third-order valence-electron chi connectivity index (χ3n) is 8.95. The van der Waals surface area contributed by atoms with Crippen molar-refractivity contribution in [1.82, 2.24) is 0 Å². The van der Waals surface area contributed by atoms with E-state index in [9.17, 15) is 19.4 Å². The molecule has 0 heterocycles. The van der Waals surface area contributed by atoms with Crippen molar-refractivity contribution in [3.8, 4) is 0 Å². The van der Waals surface area contributed by atoms with Gasteiger partial charge in [-0.25, -0.2) is 4.57 Å². The minimum atomic E-state index is -4.50. The molecule has 0 aliphatic carbocycles. The molecule has 0 saturated heterocycles. The Kier molecular flexibility index (Phi) is 37.3. The molecule has 0 aromatic heterocycles. The number of carbonyl (C=O) groups excluding carboxylic acids is 1. The summed E-state index contributed by atoms with van der Waals surface area (Å²) >= 11 is 0. The third kappa shape index (κ3) is 37.0. The molecule has 50 heavy (non-hydrogen) atoms. The zero-order valence-electron chi connectivity index (χ0n) is 32.4. The molecule has 0 saturated carbocycles. The molecule has 0 aromatic rings. The zero-order chi connectivity index (χ0) is 36.8. The summed E-state index contributed by atoms with van der Waals surface area (Å²) in [5, 5.41) is 18.3. The predicted molar refractivity (Wildman–Crippen MR) is 205 cm³/mol. The van der Waals surface area contributed by atoms with Crippen LogP contribution in [0.1, 0.15) is 194 Å². The number of ether oxygens (including phenoxy) is 2. The number of hydrogen-bond donors (Lipinski definition) is 3. The highest BCUT2D eigenvalue weighted by Gasteiger charge is 2.26. The molecule has 10 heteroatoms. The van der Waals surface area contributed by atoms with E-state index in [0.717, 1.165) is 38.5 Å². The molecule has 3 unspecified atom stereocenters.